The molecule has 0 aromatic rings. The van der Waals surface area contributed by atoms with Gasteiger partial charge in [-0.3, -0.25) is 4.79 Å². The Morgan fingerprint density at radius 1 is 1.39 bits per heavy atom. The Morgan fingerprint density at radius 2 is 2.17 bits per heavy atom. The van der Waals surface area contributed by atoms with E-state index in [1.54, 1.807) is 0 Å². The first-order valence-electron chi connectivity index (χ1n) is 6.88. The zero-order chi connectivity index (χ0) is 13.0. The number of allylic oxidation sites excluding steroid dienone is 3. The number of fused-ring (bicyclic) bond motifs is 2. The average molecular weight is 250 g/mol. The molecule has 0 spiro atoms. The van der Waals surface area contributed by atoms with Crippen molar-refractivity contribution in [2.24, 2.45) is 23.7 Å². The van der Waals surface area contributed by atoms with Crippen molar-refractivity contribution in [1.82, 2.24) is 0 Å². The third-order valence-corrected chi connectivity index (χ3v) is 4.04. The topological polar surface area (TPSA) is 46.5 Å². The fourth-order valence-electron chi connectivity index (χ4n) is 3.13. The highest BCUT2D eigenvalue weighted by Crippen LogP contribution is 2.48. The number of ether oxygens (including phenoxy) is 1. The molecule has 18 heavy (non-hydrogen) atoms. The minimum absolute atomic E-state index is 0.0682. The minimum Gasteiger partial charge on any atom is -0.465 e. The van der Waals surface area contributed by atoms with Crippen LogP contribution < -0.4 is 0 Å². The lowest BCUT2D eigenvalue weighted by Crippen LogP contribution is -2.31. The molecule has 0 radical (unpaired) electrons. The number of carbonyl (C=O) groups is 1. The van der Waals surface area contributed by atoms with Gasteiger partial charge in [0.2, 0.25) is 0 Å². The summed E-state index contributed by atoms with van der Waals surface area (Å²) in [6, 6.07) is 0. The van der Waals surface area contributed by atoms with E-state index in [0.29, 0.717) is 12.5 Å². The fraction of sp³-hybridized carbons (Fsp3) is 0.667. The second-order valence-corrected chi connectivity index (χ2v) is 5.16. The van der Waals surface area contributed by atoms with E-state index in [-0.39, 0.29) is 30.3 Å². The van der Waals surface area contributed by atoms with Crippen molar-refractivity contribution in [2.45, 2.75) is 26.2 Å². The van der Waals surface area contributed by atoms with E-state index >= 15 is 0 Å². The van der Waals surface area contributed by atoms with Crippen LogP contribution in [0.15, 0.2) is 24.3 Å². The van der Waals surface area contributed by atoms with Gasteiger partial charge in [-0.25, -0.2) is 0 Å². The smallest absolute Gasteiger partial charge is 0.309 e. The molecule has 1 fully saturated rings. The third-order valence-electron chi connectivity index (χ3n) is 4.04. The lowest BCUT2D eigenvalue weighted by Gasteiger charge is -2.24. The van der Waals surface area contributed by atoms with Gasteiger partial charge in [0.15, 0.2) is 0 Å². The number of aliphatic hydroxyl groups is 1. The Balaban J connectivity index is 1.82. The molecule has 0 heterocycles. The molecule has 1 saturated carbocycles. The number of hydrogen-bond donors (Lipinski definition) is 1. The molecular weight excluding hydrogens is 228 g/mol. The summed E-state index contributed by atoms with van der Waals surface area (Å²) >= 11 is 0. The van der Waals surface area contributed by atoms with Crippen LogP contribution in [-0.2, 0) is 9.53 Å². The summed E-state index contributed by atoms with van der Waals surface area (Å²) in [6.07, 6.45) is 11.2. The standard InChI is InChI=1S/C15H22O3/c1-2-3-4-5-8-18-15(17)14-12-7-6-11(9-12)13(14)10-16/h3-4,6-7,11-14,16H,2,5,8-10H2,1H3/b4-3+. The molecule has 100 valence electrons. The highest BCUT2D eigenvalue weighted by molar-refractivity contribution is 5.74. The van der Waals surface area contributed by atoms with Gasteiger partial charge in [0.1, 0.15) is 0 Å². The van der Waals surface area contributed by atoms with Crippen molar-refractivity contribution in [3.63, 3.8) is 0 Å². The summed E-state index contributed by atoms with van der Waals surface area (Å²) in [6.45, 7) is 2.61. The largest absolute Gasteiger partial charge is 0.465 e. The molecule has 0 aromatic carbocycles. The zero-order valence-corrected chi connectivity index (χ0v) is 10.9. The van der Waals surface area contributed by atoms with E-state index in [1.807, 2.05) is 6.08 Å². The lowest BCUT2D eigenvalue weighted by molar-refractivity contribution is -0.151. The van der Waals surface area contributed by atoms with Gasteiger partial charge in [-0.15, -0.1) is 0 Å². The molecule has 3 nitrogen and oxygen atoms in total. The van der Waals surface area contributed by atoms with E-state index in [1.165, 1.54) is 0 Å². The minimum atomic E-state index is -0.129. The van der Waals surface area contributed by atoms with Crippen LogP contribution in [0.5, 0.6) is 0 Å². The Morgan fingerprint density at radius 3 is 2.89 bits per heavy atom. The molecule has 3 heteroatoms. The second kappa shape index (κ2) is 6.19. The first-order valence-corrected chi connectivity index (χ1v) is 6.88. The average Bonchev–Trinajstić information content (AvgIpc) is 2.98. The van der Waals surface area contributed by atoms with Gasteiger partial charge in [0.05, 0.1) is 12.5 Å². The molecule has 4 unspecified atom stereocenters. The molecule has 0 amide bonds. The summed E-state index contributed by atoms with van der Waals surface area (Å²) in [5, 5.41) is 9.40. The molecule has 1 N–H and O–H groups in total. The van der Waals surface area contributed by atoms with Crippen molar-refractivity contribution >= 4 is 5.97 Å². The van der Waals surface area contributed by atoms with Crippen molar-refractivity contribution in [1.29, 1.82) is 0 Å². The van der Waals surface area contributed by atoms with Crippen molar-refractivity contribution in [3.8, 4) is 0 Å². The van der Waals surface area contributed by atoms with E-state index in [0.717, 1.165) is 19.3 Å². The summed E-state index contributed by atoms with van der Waals surface area (Å²) < 4.78 is 5.32. The monoisotopic (exact) mass is 250 g/mol. The molecule has 2 aliphatic rings. The van der Waals surface area contributed by atoms with Crippen molar-refractivity contribution < 1.29 is 14.6 Å². The Kier molecular flexibility index (Phi) is 4.59. The second-order valence-electron chi connectivity index (χ2n) is 5.16. The maximum absolute atomic E-state index is 12.0. The first-order chi connectivity index (χ1) is 8.77. The molecule has 0 aromatic heterocycles. The van der Waals surface area contributed by atoms with Crippen LogP contribution in [0, 0.1) is 23.7 Å². The Hall–Kier alpha value is -1.09. The van der Waals surface area contributed by atoms with Gasteiger partial charge in [0.25, 0.3) is 0 Å². The normalized spacial score (nSPS) is 33.4. The van der Waals surface area contributed by atoms with Crippen LogP contribution in [-0.4, -0.2) is 24.3 Å². The number of carbonyl (C=O) groups excluding carboxylic acids is 1. The fourth-order valence-corrected chi connectivity index (χ4v) is 3.13. The van der Waals surface area contributed by atoms with Gasteiger partial charge in [-0.2, -0.15) is 0 Å². The van der Waals surface area contributed by atoms with Crippen LogP contribution in [0.1, 0.15) is 26.2 Å². The summed E-state index contributed by atoms with van der Waals surface area (Å²) in [7, 11) is 0. The highest BCUT2D eigenvalue weighted by atomic mass is 16.5. The van der Waals surface area contributed by atoms with Gasteiger partial charge in [-0.05, 0) is 31.1 Å². The quantitative estimate of drug-likeness (QED) is 0.447. The van der Waals surface area contributed by atoms with Gasteiger partial charge >= 0.3 is 5.97 Å². The Bertz CT molecular complexity index is 346. The van der Waals surface area contributed by atoms with Gasteiger partial charge in [-0.1, -0.05) is 31.2 Å². The molecule has 4 atom stereocenters. The molecule has 0 aliphatic heterocycles. The van der Waals surface area contributed by atoms with E-state index in [2.05, 4.69) is 25.2 Å². The van der Waals surface area contributed by atoms with Crippen LogP contribution >= 0.6 is 0 Å². The molecule has 2 bridgehead atoms. The molecule has 2 aliphatic carbocycles. The van der Waals surface area contributed by atoms with Crippen LogP contribution in [0.4, 0.5) is 0 Å². The van der Waals surface area contributed by atoms with E-state index in [4.69, 9.17) is 4.74 Å². The number of aliphatic hydroxyl groups excluding tert-OH is 1. The third kappa shape index (κ3) is 2.66. The number of esters is 1. The van der Waals surface area contributed by atoms with Crippen molar-refractivity contribution in [3.05, 3.63) is 24.3 Å². The number of hydrogen-bond acceptors (Lipinski definition) is 3. The maximum atomic E-state index is 12.0. The predicted molar refractivity (Wildman–Crippen MR) is 69.8 cm³/mol. The van der Waals surface area contributed by atoms with Crippen LogP contribution in [0.25, 0.3) is 0 Å². The van der Waals surface area contributed by atoms with Crippen molar-refractivity contribution in [2.75, 3.05) is 13.2 Å². The van der Waals surface area contributed by atoms with Crippen LogP contribution in [0.2, 0.25) is 0 Å². The predicted octanol–water partition coefficient (Wildman–Crippen LogP) is 2.32. The lowest BCUT2D eigenvalue weighted by atomic mass is 9.83. The van der Waals surface area contributed by atoms with Gasteiger partial charge < -0.3 is 9.84 Å². The maximum Gasteiger partial charge on any atom is 0.309 e. The summed E-state index contributed by atoms with van der Waals surface area (Å²) in [5.74, 6) is 0.470. The summed E-state index contributed by atoms with van der Waals surface area (Å²) in [4.78, 5) is 12.0. The zero-order valence-electron chi connectivity index (χ0n) is 10.9. The Labute approximate surface area is 109 Å². The molecular formula is C15H22O3. The highest BCUT2D eigenvalue weighted by Gasteiger charge is 2.48. The SMILES string of the molecule is CC/C=C/CCOC(=O)C1C2C=CC(C2)C1CO. The van der Waals surface area contributed by atoms with E-state index < -0.39 is 0 Å². The molecule has 2 rings (SSSR count). The van der Waals surface area contributed by atoms with E-state index in [9.17, 15) is 9.90 Å². The number of rotatable bonds is 6. The molecule has 0 saturated heterocycles. The first kappa shape index (κ1) is 13.3. The summed E-state index contributed by atoms with van der Waals surface area (Å²) in [5.41, 5.74) is 0. The van der Waals surface area contributed by atoms with Gasteiger partial charge in [0, 0.05) is 12.5 Å². The van der Waals surface area contributed by atoms with Crippen LogP contribution in [0.3, 0.4) is 0 Å².